The third kappa shape index (κ3) is 1.98. The van der Waals surface area contributed by atoms with E-state index >= 15 is 0 Å². The zero-order valence-electron chi connectivity index (χ0n) is 9.26. The van der Waals surface area contributed by atoms with Gasteiger partial charge in [0.1, 0.15) is 0 Å². The van der Waals surface area contributed by atoms with Gasteiger partial charge in [0.05, 0.1) is 0 Å². The van der Waals surface area contributed by atoms with Gasteiger partial charge in [-0.1, -0.05) is 35.8 Å². The minimum Gasteiger partial charge on any atom is -0.396 e. The van der Waals surface area contributed by atoms with Gasteiger partial charge in [0.15, 0.2) is 0 Å². The van der Waals surface area contributed by atoms with E-state index in [1.165, 1.54) is 17.5 Å². The summed E-state index contributed by atoms with van der Waals surface area (Å²) in [5.41, 5.74) is 2.86. The Morgan fingerprint density at radius 1 is 1.47 bits per heavy atom. The number of aliphatic hydroxyl groups is 1. The predicted molar refractivity (Wildman–Crippen MR) is 66.1 cm³/mol. The average molecular weight is 269 g/mol. The number of hydrogen-bond acceptors (Lipinski definition) is 1. The molecule has 0 amide bonds. The molecular weight excluding hydrogens is 252 g/mol. The van der Waals surface area contributed by atoms with Crippen molar-refractivity contribution in [1.82, 2.24) is 0 Å². The van der Waals surface area contributed by atoms with Crippen molar-refractivity contribution >= 4 is 15.9 Å². The predicted octanol–water partition coefficient (Wildman–Crippen LogP) is 3.50. The number of aliphatic hydroxyl groups excluding tert-OH is 1. The van der Waals surface area contributed by atoms with E-state index in [2.05, 4.69) is 48.0 Å². The smallest absolute Gasteiger partial charge is 0.0487 e. The Hall–Kier alpha value is -0.340. The molecule has 15 heavy (non-hydrogen) atoms. The SMILES string of the molecule is CC(C)(CO)C1CCc2ccc(Br)cc21. The van der Waals surface area contributed by atoms with Gasteiger partial charge in [-0.3, -0.25) is 0 Å². The second-order valence-corrected chi connectivity index (χ2v) is 6.00. The van der Waals surface area contributed by atoms with Crippen LogP contribution in [0.3, 0.4) is 0 Å². The van der Waals surface area contributed by atoms with Crippen LogP contribution in [0.25, 0.3) is 0 Å². The van der Waals surface area contributed by atoms with Gasteiger partial charge in [0.25, 0.3) is 0 Å². The quantitative estimate of drug-likeness (QED) is 0.871. The van der Waals surface area contributed by atoms with Crippen LogP contribution >= 0.6 is 15.9 Å². The van der Waals surface area contributed by atoms with Crippen LogP contribution in [0.2, 0.25) is 0 Å². The lowest BCUT2D eigenvalue weighted by molar-refractivity contribution is 0.130. The first-order valence-corrected chi connectivity index (χ1v) is 6.23. The van der Waals surface area contributed by atoms with Crippen molar-refractivity contribution in [2.24, 2.45) is 5.41 Å². The minimum atomic E-state index is -0.00789. The summed E-state index contributed by atoms with van der Waals surface area (Å²) < 4.78 is 1.14. The molecule has 82 valence electrons. The summed E-state index contributed by atoms with van der Waals surface area (Å²) >= 11 is 3.52. The molecule has 1 nitrogen and oxygen atoms in total. The van der Waals surface area contributed by atoms with Crippen molar-refractivity contribution in [2.75, 3.05) is 6.61 Å². The summed E-state index contributed by atoms with van der Waals surface area (Å²) in [6, 6.07) is 6.52. The Morgan fingerprint density at radius 3 is 2.87 bits per heavy atom. The third-order valence-electron chi connectivity index (χ3n) is 3.54. The normalized spacial score (nSPS) is 20.4. The fourth-order valence-electron chi connectivity index (χ4n) is 2.50. The third-order valence-corrected chi connectivity index (χ3v) is 4.03. The molecule has 2 rings (SSSR count). The van der Waals surface area contributed by atoms with Crippen molar-refractivity contribution in [3.8, 4) is 0 Å². The zero-order chi connectivity index (χ0) is 11.1. The highest BCUT2D eigenvalue weighted by Crippen LogP contribution is 2.45. The fourth-order valence-corrected chi connectivity index (χ4v) is 2.87. The molecule has 0 radical (unpaired) electrons. The minimum absolute atomic E-state index is 0.00789. The van der Waals surface area contributed by atoms with Crippen LogP contribution in [0, 0.1) is 5.41 Å². The molecular formula is C13H17BrO. The Kier molecular flexibility index (Phi) is 2.91. The summed E-state index contributed by atoms with van der Waals surface area (Å²) in [4.78, 5) is 0. The van der Waals surface area contributed by atoms with Crippen molar-refractivity contribution in [3.63, 3.8) is 0 Å². The summed E-state index contributed by atoms with van der Waals surface area (Å²) in [7, 11) is 0. The molecule has 1 aromatic rings. The molecule has 0 fully saturated rings. The number of rotatable bonds is 2. The van der Waals surface area contributed by atoms with Crippen molar-refractivity contribution < 1.29 is 5.11 Å². The molecule has 1 N–H and O–H groups in total. The molecule has 0 bridgehead atoms. The van der Waals surface area contributed by atoms with E-state index in [9.17, 15) is 5.11 Å². The van der Waals surface area contributed by atoms with Gasteiger partial charge in [-0.05, 0) is 47.4 Å². The summed E-state index contributed by atoms with van der Waals surface area (Å²) in [5.74, 6) is 0.495. The second kappa shape index (κ2) is 3.91. The van der Waals surface area contributed by atoms with Gasteiger partial charge < -0.3 is 5.11 Å². The zero-order valence-corrected chi connectivity index (χ0v) is 10.8. The van der Waals surface area contributed by atoms with E-state index in [4.69, 9.17) is 0 Å². The maximum Gasteiger partial charge on any atom is 0.0487 e. The molecule has 0 saturated heterocycles. The lowest BCUT2D eigenvalue weighted by atomic mass is 9.76. The molecule has 1 aliphatic rings. The van der Waals surface area contributed by atoms with Crippen molar-refractivity contribution in [2.45, 2.75) is 32.6 Å². The van der Waals surface area contributed by atoms with E-state index < -0.39 is 0 Å². The van der Waals surface area contributed by atoms with Crippen LogP contribution < -0.4 is 0 Å². The number of benzene rings is 1. The largest absolute Gasteiger partial charge is 0.396 e. The summed E-state index contributed by atoms with van der Waals surface area (Å²) in [5, 5.41) is 9.44. The monoisotopic (exact) mass is 268 g/mol. The van der Waals surface area contributed by atoms with E-state index in [1.54, 1.807) is 0 Å². The highest BCUT2D eigenvalue weighted by Gasteiger charge is 2.34. The maximum atomic E-state index is 9.44. The van der Waals surface area contributed by atoms with Crippen LogP contribution in [-0.4, -0.2) is 11.7 Å². The summed E-state index contributed by atoms with van der Waals surface area (Å²) in [6.07, 6.45) is 2.32. The molecule has 0 spiro atoms. The van der Waals surface area contributed by atoms with Crippen LogP contribution in [0.1, 0.15) is 37.3 Å². The number of aryl methyl sites for hydroxylation is 1. The molecule has 1 unspecified atom stereocenters. The van der Waals surface area contributed by atoms with Gasteiger partial charge in [0, 0.05) is 11.1 Å². The Bertz CT molecular complexity index is 371. The first-order valence-electron chi connectivity index (χ1n) is 5.44. The molecule has 0 heterocycles. The number of hydrogen-bond donors (Lipinski definition) is 1. The first-order chi connectivity index (χ1) is 7.04. The van der Waals surface area contributed by atoms with Crippen molar-refractivity contribution in [3.05, 3.63) is 33.8 Å². The number of halogens is 1. The first kappa shape index (κ1) is 11.2. The lowest BCUT2D eigenvalue weighted by Crippen LogP contribution is -2.24. The molecule has 0 aromatic heterocycles. The van der Waals surface area contributed by atoms with Gasteiger partial charge >= 0.3 is 0 Å². The van der Waals surface area contributed by atoms with E-state index in [0.29, 0.717) is 5.92 Å². The Morgan fingerprint density at radius 2 is 2.20 bits per heavy atom. The van der Waals surface area contributed by atoms with Crippen LogP contribution in [-0.2, 0) is 6.42 Å². The molecule has 0 aliphatic heterocycles. The standard InChI is InChI=1S/C13H17BrO/c1-13(2,8-15)12-6-4-9-3-5-10(14)7-11(9)12/h3,5,7,12,15H,4,6,8H2,1-2H3. The maximum absolute atomic E-state index is 9.44. The molecule has 1 aliphatic carbocycles. The van der Waals surface area contributed by atoms with E-state index in [0.717, 1.165) is 10.9 Å². The van der Waals surface area contributed by atoms with Crippen LogP contribution in [0.4, 0.5) is 0 Å². The Labute approximate surface area is 99.6 Å². The van der Waals surface area contributed by atoms with Crippen LogP contribution in [0.15, 0.2) is 22.7 Å². The Balaban J connectivity index is 2.39. The lowest BCUT2D eigenvalue weighted by Gasteiger charge is -2.30. The second-order valence-electron chi connectivity index (χ2n) is 5.08. The molecule has 1 atom stereocenters. The topological polar surface area (TPSA) is 20.2 Å². The molecule has 0 saturated carbocycles. The van der Waals surface area contributed by atoms with Crippen LogP contribution in [0.5, 0.6) is 0 Å². The fraction of sp³-hybridized carbons (Fsp3) is 0.538. The van der Waals surface area contributed by atoms with E-state index in [1.807, 2.05) is 0 Å². The van der Waals surface area contributed by atoms with E-state index in [-0.39, 0.29) is 12.0 Å². The molecule has 2 heteroatoms. The summed E-state index contributed by atoms with van der Waals surface area (Å²) in [6.45, 7) is 4.55. The number of fused-ring (bicyclic) bond motifs is 1. The molecule has 1 aromatic carbocycles. The highest BCUT2D eigenvalue weighted by atomic mass is 79.9. The average Bonchev–Trinajstić information content (AvgIpc) is 2.61. The highest BCUT2D eigenvalue weighted by molar-refractivity contribution is 9.10. The van der Waals surface area contributed by atoms with Crippen molar-refractivity contribution in [1.29, 1.82) is 0 Å². The van der Waals surface area contributed by atoms with Gasteiger partial charge in [-0.2, -0.15) is 0 Å². The van der Waals surface area contributed by atoms with Gasteiger partial charge in [0.2, 0.25) is 0 Å². The van der Waals surface area contributed by atoms with Gasteiger partial charge in [-0.15, -0.1) is 0 Å². The van der Waals surface area contributed by atoms with Gasteiger partial charge in [-0.25, -0.2) is 0 Å².